The molecule has 0 atom stereocenters. The first kappa shape index (κ1) is 13.3. The Morgan fingerprint density at radius 2 is 2.29 bits per heavy atom. The van der Waals surface area contributed by atoms with Gasteiger partial charge in [-0.25, -0.2) is 0 Å². The Morgan fingerprint density at radius 1 is 1.59 bits per heavy atom. The topological polar surface area (TPSA) is 81.2 Å². The Morgan fingerprint density at radius 3 is 2.88 bits per heavy atom. The van der Waals surface area contributed by atoms with Gasteiger partial charge in [0.2, 0.25) is 0 Å². The first-order valence-electron chi connectivity index (χ1n) is 4.93. The molecule has 1 aromatic carbocycles. The molecule has 0 aliphatic heterocycles. The van der Waals surface area contributed by atoms with Gasteiger partial charge in [0.25, 0.3) is 5.69 Å². The lowest BCUT2D eigenvalue weighted by Gasteiger charge is -2.01. The zero-order chi connectivity index (χ0) is 12.8. The molecular weight excluding hydrogens is 242 g/mol. The first-order valence-corrected chi connectivity index (χ1v) is 5.31. The van der Waals surface area contributed by atoms with Crippen LogP contribution >= 0.6 is 11.6 Å². The van der Waals surface area contributed by atoms with Crippen molar-refractivity contribution in [2.24, 2.45) is 0 Å². The van der Waals surface area contributed by atoms with Crippen molar-refractivity contribution in [2.75, 3.05) is 19.3 Å². The van der Waals surface area contributed by atoms with Gasteiger partial charge >= 0.3 is 0 Å². The average molecular weight is 254 g/mol. The van der Waals surface area contributed by atoms with E-state index in [2.05, 4.69) is 17.2 Å². The number of rotatable bonds is 3. The number of halogens is 1. The van der Waals surface area contributed by atoms with Gasteiger partial charge in [-0.15, -0.1) is 0 Å². The van der Waals surface area contributed by atoms with Gasteiger partial charge in [0.05, 0.1) is 10.5 Å². The van der Waals surface area contributed by atoms with Gasteiger partial charge in [-0.1, -0.05) is 23.4 Å². The third kappa shape index (κ3) is 3.63. The zero-order valence-electron chi connectivity index (χ0n) is 9.29. The quantitative estimate of drug-likeness (QED) is 0.283. The second-order valence-corrected chi connectivity index (χ2v) is 3.74. The number of anilines is 1. The number of nitrogens with one attached hydrogen (secondary N) is 1. The fourth-order valence-electron chi connectivity index (χ4n) is 1.20. The molecule has 0 aliphatic carbocycles. The molecule has 17 heavy (non-hydrogen) atoms. The van der Waals surface area contributed by atoms with Gasteiger partial charge in [0, 0.05) is 24.1 Å². The van der Waals surface area contributed by atoms with E-state index in [0.717, 1.165) is 6.54 Å². The Kier molecular flexibility index (Phi) is 4.76. The van der Waals surface area contributed by atoms with Crippen LogP contribution in [-0.2, 0) is 0 Å². The summed E-state index contributed by atoms with van der Waals surface area (Å²) in [7, 11) is 1.82. The van der Waals surface area contributed by atoms with Crippen LogP contribution in [0.25, 0.3) is 0 Å². The van der Waals surface area contributed by atoms with E-state index in [1.165, 1.54) is 12.1 Å². The van der Waals surface area contributed by atoms with Crippen LogP contribution < -0.4 is 11.1 Å². The Balaban J connectivity index is 3.06. The van der Waals surface area contributed by atoms with Gasteiger partial charge in [-0.2, -0.15) is 0 Å². The minimum absolute atomic E-state index is 0.0522. The van der Waals surface area contributed by atoms with Crippen LogP contribution in [0.3, 0.4) is 0 Å². The summed E-state index contributed by atoms with van der Waals surface area (Å²) in [6.45, 7) is 0.746. The summed E-state index contributed by atoms with van der Waals surface area (Å²) in [5.74, 6) is 5.64. The van der Waals surface area contributed by atoms with Crippen molar-refractivity contribution in [2.45, 2.75) is 6.42 Å². The van der Waals surface area contributed by atoms with Gasteiger partial charge in [0.1, 0.15) is 5.69 Å². The summed E-state index contributed by atoms with van der Waals surface area (Å²) in [5, 5.41) is 13.9. The number of nitrogens with zero attached hydrogens (tertiary/aromatic N) is 1. The van der Waals surface area contributed by atoms with Crippen molar-refractivity contribution in [1.29, 1.82) is 0 Å². The normalized spacial score (nSPS) is 9.53. The van der Waals surface area contributed by atoms with E-state index in [-0.39, 0.29) is 16.4 Å². The summed E-state index contributed by atoms with van der Waals surface area (Å²) < 4.78 is 0. The fraction of sp³-hybridized carbons (Fsp3) is 0.273. The van der Waals surface area contributed by atoms with E-state index in [0.29, 0.717) is 12.0 Å². The molecule has 1 aromatic rings. The molecule has 0 radical (unpaired) electrons. The third-order valence-corrected chi connectivity index (χ3v) is 2.26. The zero-order valence-corrected chi connectivity index (χ0v) is 10.0. The molecule has 90 valence electrons. The lowest BCUT2D eigenvalue weighted by molar-refractivity contribution is -0.383. The molecule has 0 saturated carbocycles. The van der Waals surface area contributed by atoms with Crippen LogP contribution in [0.15, 0.2) is 12.1 Å². The van der Waals surface area contributed by atoms with Gasteiger partial charge in [-0.3, -0.25) is 10.1 Å². The molecule has 0 saturated heterocycles. The number of nitrogen functional groups attached to an aromatic ring is 1. The second-order valence-electron chi connectivity index (χ2n) is 3.30. The maximum Gasteiger partial charge on any atom is 0.294 e. The van der Waals surface area contributed by atoms with E-state index in [1.807, 2.05) is 7.05 Å². The van der Waals surface area contributed by atoms with E-state index >= 15 is 0 Å². The largest absolute Gasteiger partial charge is 0.392 e. The molecule has 0 aromatic heterocycles. The molecule has 0 heterocycles. The summed E-state index contributed by atoms with van der Waals surface area (Å²) in [4.78, 5) is 10.1. The molecule has 0 aliphatic rings. The van der Waals surface area contributed by atoms with Crippen molar-refractivity contribution < 1.29 is 4.92 Å². The maximum absolute atomic E-state index is 10.7. The second kappa shape index (κ2) is 6.09. The van der Waals surface area contributed by atoms with Crippen LogP contribution in [0.4, 0.5) is 11.4 Å². The molecule has 0 spiro atoms. The summed E-state index contributed by atoms with van der Waals surface area (Å²) in [6.07, 6.45) is 0.635. The highest BCUT2D eigenvalue weighted by atomic mass is 35.5. The van der Waals surface area contributed by atoms with Crippen LogP contribution in [0.1, 0.15) is 12.0 Å². The molecule has 3 N–H and O–H groups in total. The summed E-state index contributed by atoms with van der Waals surface area (Å²) >= 11 is 5.77. The van der Waals surface area contributed by atoms with E-state index in [9.17, 15) is 10.1 Å². The number of hydrogen-bond acceptors (Lipinski definition) is 4. The number of nitro benzene ring substituents is 1. The van der Waals surface area contributed by atoms with Crippen molar-refractivity contribution >= 4 is 23.0 Å². The van der Waals surface area contributed by atoms with Crippen LogP contribution in [0, 0.1) is 22.0 Å². The predicted octanol–water partition coefficient (Wildman–Crippen LogP) is 1.79. The molecule has 0 fully saturated rings. The standard InChI is InChI=1S/C11H12ClN3O2/c1-14-5-3-2-4-8-6-9(12)7-10(11(8)13)15(16)17/h6-7,14H,3,5,13H2,1H3. The van der Waals surface area contributed by atoms with Crippen molar-refractivity contribution in [1.82, 2.24) is 5.32 Å². The highest BCUT2D eigenvalue weighted by molar-refractivity contribution is 6.31. The molecular formula is C11H12ClN3O2. The molecule has 5 nitrogen and oxygen atoms in total. The average Bonchev–Trinajstić information content (AvgIpc) is 2.28. The Labute approximate surface area is 104 Å². The van der Waals surface area contributed by atoms with E-state index < -0.39 is 4.92 Å². The predicted molar refractivity (Wildman–Crippen MR) is 67.9 cm³/mol. The van der Waals surface area contributed by atoms with Crippen LogP contribution in [-0.4, -0.2) is 18.5 Å². The number of nitrogens with two attached hydrogens (primary N) is 1. The summed E-state index contributed by atoms with van der Waals surface area (Å²) in [6, 6.07) is 2.74. The highest BCUT2D eigenvalue weighted by Gasteiger charge is 2.15. The van der Waals surface area contributed by atoms with Gasteiger partial charge in [-0.05, 0) is 13.1 Å². The van der Waals surface area contributed by atoms with Crippen molar-refractivity contribution in [3.05, 3.63) is 32.8 Å². The lowest BCUT2D eigenvalue weighted by Crippen LogP contribution is -2.06. The highest BCUT2D eigenvalue weighted by Crippen LogP contribution is 2.28. The molecule has 0 unspecified atom stereocenters. The van der Waals surface area contributed by atoms with Crippen LogP contribution in [0.5, 0.6) is 0 Å². The number of benzene rings is 1. The first-order chi connectivity index (χ1) is 8.06. The van der Waals surface area contributed by atoms with Crippen molar-refractivity contribution in [3.8, 4) is 11.8 Å². The maximum atomic E-state index is 10.7. The van der Waals surface area contributed by atoms with E-state index in [1.54, 1.807) is 0 Å². The molecule has 1 rings (SSSR count). The minimum atomic E-state index is -0.569. The number of nitro groups is 1. The smallest absolute Gasteiger partial charge is 0.294 e. The molecule has 0 bridgehead atoms. The number of hydrogen-bond donors (Lipinski definition) is 2. The SMILES string of the molecule is CNCCC#Cc1cc(Cl)cc([N+](=O)[O-])c1N. The minimum Gasteiger partial charge on any atom is -0.392 e. The van der Waals surface area contributed by atoms with Crippen molar-refractivity contribution in [3.63, 3.8) is 0 Å². The molecule has 6 heteroatoms. The Hall–Kier alpha value is -1.77. The van der Waals surface area contributed by atoms with Crippen LogP contribution in [0.2, 0.25) is 5.02 Å². The van der Waals surface area contributed by atoms with Gasteiger partial charge in [0.15, 0.2) is 0 Å². The summed E-state index contributed by atoms with van der Waals surface area (Å²) in [5.41, 5.74) is 5.88. The third-order valence-electron chi connectivity index (χ3n) is 2.04. The molecule has 0 amide bonds. The monoisotopic (exact) mass is 253 g/mol. The van der Waals surface area contributed by atoms with Gasteiger partial charge < -0.3 is 11.1 Å². The fourth-order valence-corrected chi connectivity index (χ4v) is 1.42. The Bertz CT molecular complexity index is 491. The lowest BCUT2D eigenvalue weighted by atomic mass is 10.1. The van der Waals surface area contributed by atoms with E-state index in [4.69, 9.17) is 17.3 Å².